The molecule has 10 nitrogen and oxygen atoms in total. The average Bonchev–Trinajstić information content (AvgIpc) is 3.34. The zero-order chi connectivity index (χ0) is 22.8. The van der Waals surface area contributed by atoms with Crippen LogP contribution in [0.5, 0.6) is 0 Å². The van der Waals surface area contributed by atoms with Crippen LogP contribution in [0.4, 0.5) is 0 Å². The molecule has 2 aromatic carbocycles. The summed E-state index contributed by atoms with van der Waals surface area (Å²) in [5.41, 5.74) is 3.07. The first-order chi connectivity index (χ1) is 15.3. The van der Waals surface area contributed by atoms with Gasteiger partial charge < -0.3 is 35.1 Å². The lowest BCUT2D eigenvalue weighted by Crippen LogP contribution is -2.43. The third-order valence-electron chi connectivity index (χ3n) is 5.46. The van der Waals surface area contributed by atoms with Gasteiger partial charge in [0, 0.05) is 17.7 Å². The summed E-state index contributed by atoms with van der Waals surface area (Å²) < 4.78 is 10.2. The molecule has 0 radical (unpaired) electrons. The Kier molecular flexibility index (Phi) is 6.28. The Bertz CT molecular complexity index is 1080. The summed E-state index contributed by atoms with van der Waals surface area (Å²) in [6.07, 6.45) is -0.0415. The zero-order valence-corrected chi connectivity index (χ0v) is 16.9. The normalized spacial score (nSPS) is 15.2. The van der Waals surface area contributed by atoms with Gasteiger partial charge >= 0.3 is 20.2 Å². The Morgan fingerprint density at radius 1 is 0.906 bits per heavy atom. The summed E-state index contributed by atoms with van der Waals surface area (Å²) in [6, 6.07) is 8.24. The van der Waals surface area contributed by atoms with Gasteiger partial charge in [0.25, 0.3) is 11.8 Å². The first-order valence-electron chi connectivity index (χ1n) is 10.0. The zero-order valence-electron chi connectivity index (χ0n) is 16.9. The second-order valence-electron chi connectivity index (χ2n) is 7.56. The van der Waals surface area contributed by atoms with Gasteiger partial charge in [-0.25, -0.2) is 4.79 Å². The van der Waals surface area contributed by atoms with Gasteiger partial charge in [-0.3, -0.25) is 9.59 Å². The predicted octanol–water partition coefficient (Wildman–Crippen LogP) is -1.87. The number of fused-ring (bicyclic) bond motifs is 2. The first kappa shape index (κ1) is 22.0. The Labute approximate surface area is 183 Å². The summed E-state index contributed by atoms with van der Waals surface area (Å²) >= 11 is 0. The van der Waals surface area contributed by atoms with E-state index < -0.39 is 38.1 Å². The first-order valence-corrected chi connectivity index (χ1v) is 10.0. The SMILES string of the molecule is O=C(NCCC(NC(=O)c1ccc2c(c1)B(O)OC2)C(=O)O)c1ccc2c(c1)B(O)OC2. The number of amides is 2. The number of carbonyl (C=O) groups is 3. The second-order valence-corrected chi connectivity index (χ2v) is 7.56. The number of carbonyl (C=O) groups excluding carboxylic acids is 2. The van der Waals surface area contributed by atoms with Crippen LogP contribution in [0.2, 0.25) is 0 Å². The van der Waals surface area contributed by atoms with E-state index >= 15 is 0 Å². The largest absolute Gasteiger partial charge is 0.491 e. The van der Waals surface area contributed by atoms with Crippen LogP contribution in [0.3, 0.4) is 0 Å². The monoisotopic (exact) mass is 438 g/mol. The number of benzene rings is 2. The molecule has 0 fully saturated rings. The highest BCUT2D eigenvalue weighted by Crippen LogP contribution is 2.13. The molecule has 0 aliphatic carbocycles. The van der Waals surface area contributed by atoms with Gasteiger partial charge in [0.15, 0.2) is 0 Å². The number of carboxylic acid groups (broad SMARTS) is 1. The minimum atomic E-state index is -1.24. The lowest BCUT2D eigenvalue weighted by molar-refractivity contribution is -0.139. The molecule has 2 heterocycles. The summed E-state index contributed by atoms with van der Waals surface area (Å²) in [5.74, 6) is -2.29. The minimum absolute atomic E-state index is 0.00294. The molecular formula is C20H20B2N2O8. The Hall–Kier alpha value is -3.18. The molecule has 2 aliphatic heterocycles. The molecule has 0 spiro atoms. The molecule has 32 heavy (non-hydrogen) atoms. The number of hydrogen-bond acceptors (Lipinski definition) is 7. The fourth-order valence-corrected chi connectivity index (χ4v) is 3.64. The maximum atomic E-state index is 12.5. The van der Waals surface area contributed by atoms with Crippen molar-refractivity contribution in [2.24, 2.45) is 0 Å². The van der Waals surface area contributed by atoms with Crippen molar-refractivity contribution in [2.45, 2.75) is 25.7 Å². The second kappa shape index (κ2) is 9.13. The van der Waals surface area contributed by atoms with Crippen molar-refractivity contribution in [2.75, 3.05) is 6.54 Å². The van der Waals surface area contributed by atoms with E-state index in [4.69, 9.17) is 9.31 Å². The van der Waals surface area contributed by atoms with Crippen molar-refractivity contribution in [3.63, 3.8) is 0 Å². The maximum Gasteiger partial charge on any atom is 0.491 e. The average molecular weight is 438 g/mol. The molecule has 4 rings (SSSR count). The number of hydrogen-bond donors (Lipinski definition) is 5. The number of rotatable bonds is 7. The molecule has 5 N–H and O–H groups in total. The van der Waals surface area contributed by atoms with E-state index in [2.05, 4.69) is 10.6 Å². The standard InChI is InChI=1S/C20H20B2N2O8/c25-18(11-1-3-13-9-31-21(29)15(13)7-11)23-6-5-17(20(27)28)24-19(26)12-2-4-14-10-32-22(30)16(14)8-12/h1-4,7-8,17,29-30H,5-6,9-10H2,(H,23,25)(H,24,26)(H,27,28). The molecule has 2 amide bonds. The van der Waals surface area contributed by atoms with Crippen LogP contribution in [0.1, 0.15) is 38.3 Å². The summed E-state index contributed by atoms with van der Waals surface area (Å²) in [4.78, 5) is 36.5. The van der Waals surface area contributed by atoms with Gasteiger partial charge in [0.2, 0.25) is 0 Å². The third-order valence-corrected chi connectivity index (χ3v) is 5.46. The fourth-order valence-electron chi connectivity index (χ4n) is 3.64. The third kappa shape index (κ3) is 4.53. The van der Waals surface area contributed by atoms with E-state index in [1.807, 2.05) is 0 Å². The lowest BCUT2D eigenvalue weighted by atomic mass is 9.79. The van der Waals surface area contributed by atoms with Gasteiger partial charge in [0.1, 0.15) is 6.04 Å². The van der Waals surface area contributed by atoms with E-state index in [1.54, 1.807) is 18.2 Å². The van der Waals surface area contributed by atoms with Gasteiger partial charge in [-0.1, -0.05) is 12.1 Å². The molecular weight excluding hydrogens is 418 g/mol. The van der Waals surface area contributed by atoms with Crippen LogP contribution in [0, 0.1) is 0 Å². The number of aliphatic carboxylic acids is 1. The topological polar surface area (TPSA) is 154 Å². The highest BCUT2D eigenvalue weighted by Gasteiger charge is 2.30. The van der Waals surface area contributed by atoms with E-state index in [1.165, 1.54) is 18.2 Å². The smallest absolute Gasteiger partial charge is 0.480 e. The summed E-state index contributed by atoms with van der Waals surface area (Å²) in [6.45, 7) is 0.517. The quantitative estimate of drug-likeness (QED) is 0.315. The Morgan fingerprint density at radius 2 is 1.44 bits per heavy atom. The van der Waals surface area contributed by atoms with E-state index in [0.29, 0.717) is 16.5 Å². The van der Waals surface area contributed by atoms with Gasteiger partial charge in [-0.05, 0) is 52.7 Å². The van der Waals surface area contributed by atoms with Crippen molar-refractivity contribution in [3.8, 4) is 0 Å². The van der Waals surface area contributed by atoms with E-state index in [-0.39, 0.29) is 31.7 Å². The van der Waals surface area contributed by atoms with Crippen LogP contribution in [-0.4, -0.2) is 59.8 Å². The molecule has 2 aliphatic rings. The van der Waals surface area contributed by atoms with Crippen molar-refractivity contribution in [3.05, 3.63) is 58.7 Å². The van der Waals surface area contributed by atoms with Gasteiger partial charge in [-0.15, -0.1) is 0 Å². The maximum absolute atomic E-state index is 12.5. The van der Waals surface area contributed by atoms with Crippen LogP contribution < -0.4 is 21.6 Å². The molecule has 0 saturated carbocycles. The van der Waals surface area contributed by atoms with Crippen molar-refractivity contribution >= 4 is 42.9 Å². The number of nitrogens with one attached hydrogen (secondary N) is 2. The molecule has 1 atom stereocenters. The Morgan fingerprint density at radius 3 is 1.97 bits per heavy atom. The van der Waals surface area contributed by atoms with Gasteiger partial charge in [-0.2, -0.15) is 0 Å². The van der Waals surface area contributed by atoms with E-state index in [0.717, 1.165) is 11.1 Å². The number of carboxylic acids is 1. The fraction of sp³-hybridized carbons (Fsp3) is 0.250. The molecule has 164 valence electrons. The summed E-state index contributed by atoms with van der Waals surface area (Å²) in [7, 11) is -2.19. The van der Waals surface area contributed by atoms with Gasteiger partial charge in [0.05, 0.1) is 13.2 Å². The predicted molar refractivity (Wildman–Crippen MR) is 114 cm³/mol. The molecule has 1 unspecified atom stereocenters. The minimum Gasteiger partial charge on any atom is -0.480 e. The molecule has 12 heteroatoms. The van der Waals surface area contributed by atoms with Crippen molar-refractivity contribution in [1.82, 2.24) is 10.6 Å². The highest BCUT2D eigenvalue weighted by atomic mass is 16.5. The highest BCUT2D eigenvalue weighted by molar-refractivity contribution is 6.62. The molecule has 0 saturated heterocycles. The van der Waals surface area contributed by atoms with Crippen LogP contribution in [0.15, 0.2) is 36.4 Å². The lowest BCUT2D eigenvalue weighted by Gasteiger charge is -2.15. The van der Waals surface area contributed by atoms with Crippen LogP contribution >= 0.6 is 0 Å². The Balaban J connectivity index is 1.34. The van der Waals surface area contributed by atoms with Crippen LogP contribution in [0.25, 0.3) is 0 Å². The van der Waals surface area contributed by atoms with Crippen molar-refractivity contribution < 1.29 is 38.8 Å². The molecule has 2 aromatic rings. The van der Waals surface area contributed by atoms with Crippen molar-refractivity contribution in [1.29, 1.82) is 0 Å². The summed E-state index contributed by atoms with van der Waals surface area (Å²) in [5, 5.41) is 34.0. The molecule has 0 aromatic heterocycles. The van der Waals surface area contributed by atoms with Crippen LogP contribution in [-0.2, 0) is 27.3 Å². The van der Waals surface area contributed by atoms with E-state index in [9.17, 15) is 29.5 Å². The molecule has 0 bridgehead atoms.